The largest absolute Gasteiger partial charge is 0.472 e. The Labute approximate surface area is 174 Å². The molecule has 0 aliphatic carbocycles. The topological polar surface area (TPSA) is 118 Å². The van der Waals surface area contributed by atoms with Crippen LogP contribution in [0.2, 0.25) is 0 Å². The molecule has 2 saturated heterocycles. The summed E-state index contributed by atoms with van der Waals surface area (Å²) in [5, 5.41) is 16.7. The van der Waals surface area contributed by atoms with Crippen LogP contribution in [0.15, 0.2) is 0 Å². The van der Waals surface area contributed by atoms with E-state index in [4.69, 9.17) is 0 Å². The van der Waals surface area contributed by atoms with Gasteiger partial charge in [0.1, 0.15) is 0 Å². The van der Waals surface area contributed by atoms with Crippen LogP contribution in [-0.4, -0.2) is 66.6 Å². The Kier molecular flexibility index (Phi) is 6.07. The van der Waals surface area contributed by atoms with E-state index >= 15 is 0 Å². The minimum Gasteiger partial charge on any atom is -0.472 e. The molecule has 2 aliphatic rings. The fraction of sp³-hybridized carbons (Fsp3) is 0.857. The number of carboxylic acids is 1. The molecule has 0 unspecified atom stereocenters. The molecule has 0 aromatic rings. The molecule has 3 N–H and O–H groups in total. The SMILES string of the molecule is CC1(C)CC(N(C(=O)C(=[N+]=[N-])C(=O)O)C2CC(C)(C)NC(C)(C)C2)CC(C)(C)N1. The van der Waals surface area contributed by atoms with Crippen molar-refractivity contribution in [1.82, 2.24) is 15.5 Å². The van der Waals surface area contributed by atoms with Crippen LogP contribution in [0.3, 0.4) is 0 Å². The van der Waals surface area contributed by atoms with E-state index in [0.29, 0.717) is 25.7 Å². The van der Waals surface area contributed by atoms with Gasteiger partial charge in [0.2, 0.25) is 0 Å². The van der Waals surface area contributed by atoms with Crippen molar-refractivity contribution in [2.24, 2.45) is 0 Å². The van der Waals surface area contributed by atoms with Crippen molar-refractivity contribution in [3.8, 4) is 0 Å². The summed E-state index contributed by atoms with van der Waals surface area (Å²) in [4.78, 5) is 29.5. The molecular weight excluding hydrogens is 370 g/mol. The van der Waals surface area contributed by atoms with Crippen molar-refractivity contribution in [2.45, 2.75) is 115 Å². The van der Waals surface area contributed by atoms with Crippen molar-refractivity contribution < 1.29 is 19.5 Å². The zero-order valence-electron chi connectivity index (χ0n) is 19.1. The Hall–Kier alpha value is -1.76. The number of nitrogens with zero attached hydrogens (tertiary/aromatic N) is 3. The van der Waals surface area contributed by atoms with Crippen molar-refractivity contribution in [2.75, 3.05) is 0 Å². The van der Waals surface area contributed by atoms with Crippen LogP contribution >= 0.6 is 0 Å². The van der Waals surface area contributed by atoms with Gasteiger partial charge in [-0.1, -0.05) is 0 Å². The molecule has 0 radical (unpaired) electrons. The summed E-state index contributed by atoms with van der Waals surface area (Å²) in [6.07, 6.45) is 2.74. The summed E-state index contributed by atoms with van der Waals surface area (Å²) >= 11 is 0. The Morgan fingerprint density at radius 2 is 1.14 bits per heavy atom. The number of carboxylic acid groups (broad SMARTS) is 1. The summed E-state index contributed by atoms with van der Waals surface area (Å²) in [5.41, 5.74) is 7.55. The van der Waals surface area contributed by atoms with E-state index in [-0.39, 0.29) is 34.2 Å². The third kappa shape index (κ3) is 5.65. The molecule has 0 aromatic carbocycles. The van der Waals surface area contributed by atoms with E-state index in [1.54, 1.807) is 4.90 Å². The number of piperidine rings is 2. The van der Waals surface area contributed by atoms with Gasteiger partial charge < -0.3 is 26.2 Å². The maximum Gasteiger partial charge on any atom is 0.462 e. The maximum absolute atomic E-state index is 13.4. The fourth-order valence-electron chi connectivity index (χ4n) is 5.86. The molecule has 8 nitrogen and oxygen atoms in total. The molecule has 164 valence electrons. The Bertz CT molecular complexity index is 665. The molecule has 0 spiro atoms. The molecule has 29 heavy (non-hydrogen) atoms. The molecule has 0 atom stereocenters. The molecule has 0 aromatic heterocycles. The molecule has 0 bridgehead atoms. The predicted octanol–water partition coefficient (Wildman–Crippen LogP) is 2.19. The van der Waals surface area contributed by atoms with Gasteiger partial charge in [0, 0.05) is 34.2 Å². The molecule has 1 amide bonds. The lowest BCUT2D eigenvalue weighted by Crippen LogP contribution is -2.68. The molecule has 8 heteroatoms. The fourth-order valence-corrected chi connectivity index (χ4v) is 5.86. The van der Waals surface area contributed by atoms with E-state index < -0.39 is 17.6 Å². The Morgan fingerprint density at radius 3 is 1.38 bits per heavy atom. The molecule has 2 heterocycles. The van der Waals surface area contributed by atoms with Gasteiger partial charge in [-0.15, -0.1) is 0 Å². The Balaban J connectivity index is 2.53. The predicted molar refractivity (Wildman–Crippen MR) is 112 cm³/mol. The number of nitrogens with one attached hydrogen (secondary N) is 2. The standard InChI is InChI=1S/C21H37N5O3/c1-18(2)9-13(10-19(3,4)24-18)26(16(27)15(23-22)17(28)29)14-11-20(5,6)25-21(7,8)12-14/h13-14,24-25H,9-12H2,1-8H3,(H,28,29). The molecule has 0 saturated carbocycles. The molecular formula is C21H37N5O3. The summed E-state index contributed by atoms with van der Waals surface area (Å²) in [5.74, 6) is -2.22. The van der Waals surface area contributed by atoms with E-state index in [1.807, 2.05) is 0 Å². The zero-order valence-corrected chi connectivity index (χ0v) is 19.1. The first-order valence-electron chi connectivity index (χ1n) is 10.3. The lowest BCUT2D eigenvalue weighted by atomic mass is 9.75. The monoisotopic (exact) mass is 407 g/mol. The van der Waals surface area contributed by atoms with E-state index in [1.165, 1.54) is 0 Å². The van der Waals surface area contributed by atoms with Crippen LogP contribution in [0.5, 0.6) is 0 Å². The van der Waals surface area contributed by atoms with Gasteiger partial charge in [-0.05, 0) is 81.1 Å². The molecule has 2 fully saturated rings. The van der Waals surface area contributed by atoms with Gasteiger partial charge in [0.15, 0.2) is 0 Å². The third-order valence-corrected chi connectivity index (χ3v) is 5.86. The highest BCUT2D eigenvalue weighted by Crippen LogP contribution is 2.38. The smallest absolute Gasteiger partial charge is 0.462 e. The van der Waals surface area contributed by atoms with Crippen molar-refractivity contribution >= 4 is 17.6 Å². The number of amides is 1. The second-order valence-electron chi connectivity index (χ2n) is 11.4. The van der Waals surface area contributed by atoms with Crippen LogP contribution in [0.1, 0.15) is 81.1 Å². The van der Waals surface area contributed by atoms with E-state index in [2.05, 4.69) is 70.8 Å². The summed E-state index contributed by atoms with van der Waals surface area (Å²) in [7, 11) is 0. The van der Waals surface area contributed by atoms with Crippen LogP contribution in [0, 0.1) is 0 Å². The first-order valence-corrected chi connectivity index (χ1v) is 10.3. The van der Waals surface area contributed by atoms with E-state index in [9.17, 15) is 20.2 Å². The van der Waals surface area contributed by atoms with Gasteiger partial charge in [-0.25, -0.2) is 4.79 Å². The summed E-state index contributed by atoms with van der Waals surface area (Å²) < 4.78 is 0. The van der Waals surface area contributed by atoms with Crippen LogP contribution < -0.4 is 10.6 Å². The van der Waals surface area contributed by atoms with E-state index in [0.717, 1.165) is 0 Å². The minimum absolute atomic E-state index is 0.167. The average Bonchev–Trinajstić information content (AvgIpc) is 2.40. The van der Waals surface area contributed by atoms with Crippen molar-refractivity contribution in [3.05, 3.63) is 5.53 Å². The number of rotatable bonds is 4. The number of carbonyl (C=O) groups is 2. The molecule has 2 rings (SSSR count). The van der Waals surface area contributed by atoms with Gasteiger partial charge >= 0.3 is 17.6 Å². The second-order valence-corrected chi connectivity index (χ2v) is 11.4. The van der Waals surface area contributed by atoms with Crippen LogP contribution in [-0.2, 0) is 9.59 Å². The first-order chi connectivity index (χ1) is 13.0. The minimum atomic E-state index is -1.51. The van der Waals surface area contributed by atoms with Gasteiger partial charge in [0.05, 0.1) is 0 Å². The number of hydrogen-bond acceptors (Lipinski definition) is 4. The third-order valence-electron chi connectivity index (χ3n) is 5.86. The number of carbonyl (C=O) groups excluding carboxylic acids is 1. The van der Waals surface area contributed by atoms with Gasteiger partial charge in [-0.2, -0.15) is 4.79 Å². The van der Waals surface area contributed by atoms with Crippen molar-refractivity contribution in [1.29, 1.82) is 0 Å². The van der Waals surface area contributed by atoms with Gasteiger partial charge in [0.25, 0.3) is 0 Å². The van der Waals surface area contributed by atoms with Crippen LogP contribution in [0.4, 0.5) is 0 Å². The molecule has 2 aliphatic heterocycles. The second kappa shape index (κ2) is 7.49. The van der Waals surface area contributed by atoms with Gasteiger partial charge in [-0.3, -0.25) is 4.79 Å². The number of aliphatic carboxylic acids is 1. The Morgan fingerprint density at radius 1 is 0.828 bits per heavy atom. The maximum atomic E-state index is 13.4. The normalized spacial score (nSPS) is 25.7. The lowest BCUT2D eigenvalue weighted by molar-refractivity contribution is -0.144. The van der Waals surface area contributed by atoms with Crippen LogP contribution in [0.25, 0.3) is 5.53 Å². The summed E-state index contributed by atoms with van der Waals surface area (Å²) in [6.45, 7) is 16.8. The highest BCUT2D eigenvalue weighted by atomic mass is 16.4. The highest BCUT2D eigenvalue weighted by molar-refractivity contribution is 6.61. The quantitative estimate of drug-likeness (QED) is 0.286. The summed E-state index contributed by atoms with van der Waals surface area (Å²) in [6, 6.07) is -0.334. The number of hydrogen-bond donors (Lipinski definition) is 3. The van der Waals surface area contributed by atoms with Crippen molar-refractivity contribution in [3.63, 3.8) is 0 Å². The average molecular weight is 408 g/mol. The zero-order chi connectivity index (χ0) is 22.4. The highest BCUT2D eigenvalue weighted by Gasteiger charge is 2.50. The lowest BCUT2D eigenvalue weighted by Gasteiger charge is -2.54. The first kappa shape index (κ1) is 23.5.